The lowest BCUT2D eigenvalue weighted by atomic mass is 9.76. The molecule has 0 heterocycles. The Bertz CT molecular complexity index is 793. The van der Waals surface area contributed by atoms with Gasteiger partial charge in [0.05, 0.1) is 5.92 Å². The average Bonchev–Trinajstić information content (AvgIpc) is 3.11. The van der Waals surface area contributed by atoms with Gasteiger partial charge >= 0.3 is 11.9 Å². The lowest BCUT2D eigenvalue weighted by Crippen LogP contribution is -2.54. The van der Waals surface area contributed by atoms with Gasteiger partial charge < -0.3 is 15.6 Å². The van der Waals surface area contributed by atoms with E-state index >= 15 is 0 Å². The zero-order chi connectivity index (χ0) is 20.0. The fraction of sp³-hybridized carbons (Fsp3) is 0.391. The minimum absolute atomic E-state index is 0.179. The number of carboxylic acid groups (broad SMARTS) is 1. The van der Waals surface area contributed by atoms with Crippen LogP contribution in [-0.2, 0) is 27.4 Å². The molecular formula is C23H27NO4. The largest absolute Gasteiger partial charge is 0.480 e. The van der Waals surface area contributed by atoms with Crippen LogP contribution in [0, 0.1) is 11.8 Å². The first-order chi connectivity index (χ1) is 13.5. The Balaban J connectivity index is 1.75. The maximum absolute atomic E-state index is 13.0. The monoisotopic (exact) mass is 381 g/mol. The number of aliphatic carboxylic acids is 1. The minimum Gasteiger partial charge on any atom is -0.480 e. The van der Waals surface area contributed by atoms with E-state index in [0.717, 1.165) is 11.1 Å². The van der Waals surface area contributed by atoms with Gasteiger partial charge in [0.25, 0.3) is 0 Å². The number of carboxylic acids is 1. The molecule has 0 aromatic heterocycles. The van der Waals surface area contributed by atoms with E-state index in [4.69, 9.17) is 10.5 Å². The number of carbonyl (C=O) groups excluding carboxylic acids is 1. The van der Waals surface area contributed by atoms with Gasteiger partial charge in [-0.15, -0.1) is 0 Å². The summed E-state index contributed by atoms with van der Waals surface area (Å²) in [5.41, 5.74) is 6.90. The fourth-order valence-corrected chi connectivity index (χ4v) is 4.17. The SMILES string of the molecule is NC1(C(=O)O)CCCC1[C@H](CCc1ccccc1)C(=O)OCc1ccccc1. The highest BCUT2D eigenvalue weighted by atomic mass is 16.5. The smallest absolute Gasteiger partial charge is 0.323 e. The summed E-state index contributed by atoms with van der Waals surface area (Å²) in [4.78, 5) is 24.8. The Morgan fingerprint density at radius 1 is 1.07 bits per heavy atom. The normalized spacial score (nSPS) is 22.5. The molecule has 2 aromatic carbocycles. The van der Waals surface area contributed by atoms with Crippen LogP contribution in [0.2, 0.25) is 0 Å². The van der Waals surface area contributed by atoms with E-state index in [1.165, 1.54) is 0 Å². The molecule has 0 bridgehead atoms. The third-order valence-electron chi connectivity index (χ3n) is 5.76. The van der Waals surface area contributed by atoms with E-state index < -0.39 is 23.3 Å². The van der Waals surface area contributed by atoms with Crippen molar-refractivity contribution in [2.24, 2.45) is 17.6 Å². The lowest BCUT2D eigenvalue weighted by molar-refractivity contribution is -0.155. The molecule has 0 spiro atoms. The van der Waals surface area contributed by atoms with Gasteiger partial charge in [0.2, 0.25) is 0 Å². The Kier molecular flexibility index (Phi) is 6.47. The number of benzene rings is 2. The van der Waals surface area contributed by atoms with Crippen LogP contribution in [0.5, 0.6) is 0 Å². The van der Waals surface area contributed by atoms with Crippen molar-refractivity contribution in [3.8, 4) is 0 Å². The predicted molar refractivity (Wildman–Crippen MR) is 106 cm³/mol. The predicted octanol–water partition coefficient (Wildman–Crippen LogP) is 3.56. The molecule has 1 aliphatic carbocycles. The molecule has 2 aromatic rings. The second-order valence-corrected chi connectivity index (χ2v) is 7.57. The summed E-state index contributed by atoms with van der Waals surface area (Å²) < 4.78 is 5.58. The van der Waals surface area contributed by atoms with Crippen molar-refractivity contribution in [3.05, 3.63) is 71.8 Å². The zero-order valence-electron chi connectivity index (χ0n) is 15.9. The molecule has 28 heavy (non-hydrogen) atoms. The van der Waals surface area contributed by atoms with Crippen molar-refractivity contribution < 1.29 is 19.4 Å². The third kappa shape index (κ3) is 4.60. The number of esters is 1. The van der Waals surface area contributed by atoms with Crippen molar-refractivity contribution in [3.63, 3.8) is 0 Å². The third-order valence-corrected chi connectivity index (χ3v) is 5.76. The molecular weight excluding hydrogens is 354 g/mol. The van der Waals surface area contributed by atoms with Gasteiger partial charge in [-0.1, -0.05) is 67.1 Å². The first kappa shape index (κ1) is 20.1. The van der Waals surface area contributed by atoms with E-state index in [1.807, 2.05) is 60.7 Å². The molecule has 0 aliphatic heterocycles. The second-order valence-electron chi connectivity index (χ2n) is 7.57. The highest BCUT2D eigenvalue weighted by Gasteiger charge is 2.51. The van der Waals surface area contributed by atoms with Crippen LogP contribution in [-0.4, -0.2) is 22.6 Å². The van der Waals surface area contributed by atoms with Crippen molar-refractivity contribution in [1.29, 1.82) is 0 Å². The minimum atomic E-state index is -1.37. The van der Waals surface area contributed by atoms with Gasteiger partial charge in [-0.05, 0) is 36.8 Å². The van der Waals surface area contributed by atoms with Gasteiger partial charge in [-0.3, -0.25) is 9.59 Å². The number of aryl methyl sites for hydroxylation is 1. The van der Waals surface area contributed by atoms with Crippen LogP contribution < -0.4 is 5.73 Å². The number of hydrogen-bond acceptors (Lipinski definition) is 4. The maximum atomic E-state index is 13.0. The number of rotatable bonds is 8. The van der Waals surface area contributed by atoms with Crippen LogP contribution in [0.3, 0.4) is 0 Å². The van der Waals surface area contributed by atoms with Gasteiger partial charge in [0, 0.05) is 5.92 Å². The van der Waals surface area contributed by atoms with Crippen molar-refractivity contribution in [1.82, 2.24) is 0 Å². The maximum Gasteiger partial charge on any atom is 0.323 e. The molecule has 2 unspecified atom stereocenters. The Hall–Kier alpha value is -2.66. The van der Waals surface area contributed by atoms with Crippen molar-refractivity contribution in [2.75, 3.05) is 0 Å². The summed E-state index contributed by atoms with van der Waals surface area (Å²) in [6.45, 7) is 0.179. The Morgan fingerprint density at radius 2 is 1.68 bits per heavy atom. The zero-order valence-corrected chi connectivity index (χ0v) is 15.9. The van der Waals surface area contributed by atoms with E-state index in [0.29, 0.717) is 32.1 Å². The van der Waals surface area contributed by atoms with Gasteiger partial charge in [0.15, 0.2) is 0 Å². The first-order valence-electron chi connectivity index (χ1n) is 9.77. The summed E-state index contributed by atoms with van der Waals surface area (Å²) in [5.74, 6) is -2.34. The summed E-state index contributed by atoms with van der Waals surface area (Å²) in [5, 5.41) is 9.69. The second kappa shape index (κ2) is 9.02. The van der Waals surface area contributed by atoms with E-state index in [-0.39, 0.29) is 12.6 Å². The van der Waals surface area contributed by atoms with Crippen LogP contribution in [0.1, 0.15) is 36.8 Å². The summed E-state index contributed by atoms with van der Waals surface area (Å²) >= 11 is 0. The molecule has 0 saturated heterocycles. The van der Waals surface area contributed by atoms with E-state index in [9.17, 15) is 14.7 Å². The molecule has 3 rings (SSSR count). The van der Waals surface area contributed by atoms with Crippen molar-refractivity contribution in [2.45, 2.75) is 44.2 Å². The van der Waals surface area contributed by atoms with Gasteiger partial charge in [-0.2, -0.15) is 0 Å². The quantitative estimate of drug-likeness (QED) is 0.683. The molecule has 1 saturated carbocycles. The highest BCUT2D eigenvalue weighted by Crippen LogP contribution is 2.41. The molecule has 3 N–H and O–H groups in total. The molecule has 1 fully saturated rings. The summed E-state index contributed by atoms with van der Waals surface area (Å²) in [6.07, 6.45) is 2.93. The van der Waals surface area contributed by atoms with Crippen LogP contribution in [0.15, 0.2) is 60.7 Å². The first-order valence-corrected chi connectivity index (χ1v) is 9.77. The van der Waals surface area contributed by atoms with Crippen LogP contribution in [0.25, 0.3) is 0 Å². The standard InChI is InChI=1S/C23H27NO4/c24-23(22(26)27)15-7-12-20(23)19(14-13-17-8-3-1-4-9-17)21(25)28-16-18-10-5-2-6-11-18/h1-6,8-11,19-20H,7,12-16,24H2,(H,26,27)/t19-,20?,23?/m0/s1. The summed E-state index contributed by atoms with van der Waals surface area (Å²) in [6, 6.07) is 19.4. The van der Waals surface area contributed by atoms with Crippen molar-refractivity contribution >= 4 is 11.9 Å². The van der Waals surface area contributed by atoms with Gasteiger partial charge in [0.1, 0.15) is 12.1 Å². The lowest BCUT2D eigenvalue weighted by Gasteiger charge is -2.32. The molecule has 0 radical (unpaired) electrons. The Morgan fingerprint density at radius 3 is 2.29 bits per heavy atom. The molecule has 5 heteroatoms. The average molecular weight is 381 g/mol. The van der Waals surface area contributed by atoms with Crippen LogP contribution in [0.4, 0.5) is 0 Å². The van der Waals surface area contributed by atoms with Crippen LogP contribution >= 0.6 is 0 Å². The molecule has 1 aliphatic rings. The molecule has 148 valence electrons. The van der Waals surface area contributed by atoms with E-state index in [1.54, 1.807) is 0 Å². The number of nitrogens with two attached hydrogens (primary N) is 1. The molecule has 0 amide bonds. The molecule has 3 atom stereocenters. The molecule has 5 nitrogen and oxygen atoms in total. The Labute approximate surface area is 165 Å². The topological polar surface area (TPSA) is 89.6 Å². The van der Waals surface area contributed by atoms with Gasteiger partial charge in [-0.25, -0.2) is 0 Å². The summed E-state index contributed by atoms with van der Waals surface area (Å²) in [7, 11) is 0. The highest BCUT2D eigenvalue weighted by molar-refractivity contribution is 5.82. The fourth-order valence-electron chi connectivity index (χ4n) is 4.17. The number of carbonyl (C=O) groups is 2. The number of hydrogen-bond donors (Lipinski definition) is 2. The number of ether oxygens (including phenoxy) is 1. The van der Waals surface area contributed by atoms with E-state index in [2.05, 4.69) is 0 Å².